The molecule has 0 spiro atoms. The van der Waals surface area contributed by atoms with Crippen LogP contribution in [0.15, 0.2) is 81.4 Å². The Balaban J connectivity index is 1.59. The lowest BCUT2D eigenvalue weighted by Gasteiger charge is -2.16. The number of hydrogen-bond acceptors (Lipinski definition) is 4. The van der Waals surface area contributed by atoms with Gasteiger partial charge in [0.2, 0.25) is 10.0 Å². The monoisotopic (exact) mass is 425 g/mol. The highest BCUT2D eigenvalue weighted by Crippen LogP contribution is 2.39. The number of hydrogen-bond donors (Lipinski definition) is 2. The summed E-state index contributed by atoms with van der Waals surface area (Å²) in [6, 6.07) is 21.1. The van der Waals surface area contributed by atoms with E-state index in [9.17, 15) is 13.5 Å². The Labute approximate surface area is 176 Å². The number of sulfonamides is 1. The van der Waals surface area contributed by atoms with Crippen molar-refractivity contribution < 1.29 is 13.5 Å². The van der Waals surface area contributed by atoms with Crippen molar-refractivity contribution in [3.8, 4) is 0 Å². The smallest absolute Gasteiger partial charge is 0.240 e. The Hall–Kier alpha value is -2.12. The Morgan fingerprint density at radius 1 is 0.966 bits per heavy atom. The molecule has 2 N–H and O–H groups in total. The van der Waals surface area contributed by atoms with Crippen molar-refractivity contribution in [1.82, 2.24) is 4.72 Å². The van der Waals surface area contributed by atoms with Gasteiger partial charge in [-0.1, -0.05) is 66.4 Å². The maximum absolute atomic E-state index is 13.0. The summed E-state index contributed by atoms with van der Waals surface area (Å²) in [6.45, 7) is 1.75. The Morgan fingerprint density at radius 3 is 2.45 bits per heavy atom. The number of aryl methyl sites for hydroxylation is 3. The molecular weight excluding hydrogens is 402 g/mol. The summed E-state index contributed by atoms with van der Waals surface area (Å²) in [5.41, 5.74) is 3.87. The van der Waals surface area contributed by atoms with Crippen LogP contribution in [0.2, 0.25) is 0 Å². The average Bonchev–Trinajstić information content (AvgIpc) is 2.91. The van der Waals surface area contributed by atoms with Crippen LogP contribution >= 0.6 is 11.8 Å². The molecule has 0 bridgehead atoms. The lowest BCUT2D eigenvalue weighted by molar-refractivity contribution is 0.182. The zero-order valence-electron chi connectivity index (χ0n) is 16.1. The largest absolute Gasteiger partial charge is 0.387 e. The van der Waals surface area contributed by atoms with Crippen LogP contribution in [-0.2, 0) is 22.9 Å². The van der Waals surface area contributed by atoms with E-state index in [1.807, 2.05) is 43.3 Å². The lowest BCUT2D eigenvalue weighted by Crippen LogP contribution is -2.29. The normalized spacial score (nSPS) is 14.6. The number of aliphatic hydroxyl groups excluding tert-OH is 1. The van der Waals surface area contributed by atoms with Crippen LogP contribution in [0.5, 0.6) is 0 Å². The average molecular weight is 426 g/mol. The van der Waals surface area contributed by atoms with E-state index in [-0.39, 0.29) is 11.4 Å². The van der Waals surface area contributed by atoms with Crippen LogP contribution in [0.1, 0.15) is 28.4 Å². The number of aliphatic hydroxyl groups is 1. The summed E-state index contributed by atoms with van der Waals surface area (Å²) in [6.07, 6.45) is 0.942. The Morgan fingerprint density at radius 2 is 1.66 bits per heavy atom. The predicted octanol–water partition coefficient (Wildman–Crippen LogP) is 4.26. The third-order valence-corrected chi connectivity index (χ3v) is 7.94. The molecule has 1 unspecified atom stereocenters. The van der Waals surface area contributed by atoms with Gasteiger partial charge in [0.05, 0.1) is 11.0 Å². The molecule has 1 heterocycles. The van der Waals surface area contributed by atoms with Crippen molar-refractivity contribution in [1.29, 1.82) is 0 Å². The van der Waals surface area contributed by atoms with E-state index in [1.165, 1.54) is 16.0 Å². The summed E-state index contributed by atoms with van der Waals surface area (Å²) < 4.78 is 28.5. The molecule has 1 atom stereocenters. The first-order valence-corrected chi connectivity index (χ1v) is 11.9. The van der Waals surface area contributed by atoms with Crippen molar-refractivity contribution in [2.45, 2.75) is 40.6 Å². The Kier molecular flexibility index (Phi) is 5.79. The van der Waals surface area contributed by atoms with Crippen molar-refractivity contribution in [2.24, 2.45) is 0 Å². The summed E-state index contributed by atoms with van der Waals surface area (Å²) >= 11 is 1.62. The van der Waals surface area contributed by atoms with E-state index in [2.05, 4.69) is 16.9 Å². The maximum Gasteiger partial charge on any atom is 0.240 e. The van der Waals surface area contributed by atoms with Gasteiger partial charge in [0.1, 0.15) is 0 Å². The highest BCUT2D eigenvalue weighted by atomic mass is 32.2. The minimum atomic E-state index is -3.74. The molecule has 0 saturated heterocycles. The molecule has 0 amide bonds. The minimum Gasteiger partial charge on any atom is -0.387 e. The van der Waals surface area contributed by atoms with Crippen LogP contribution < -0.4 is 4.72 Å². The molecule has 3 aromatic rings. The number of fused-ring (bicyclic) bond motifs is 2. The van der Waals surface area contributed by atoms with Crippen molar-refractivity contribution in [2.75, 3.05) is 6.54 Å². The van der Waals surface area contributed by atoms with Crippen molar-refractivity contribution in [3.63, 3.8) is 0 Å². The molecule has 150 valence electrons. The number of benzene rings is 3. The minimum absolute atomic E-state index is 0.0706. The third kappa shape index (κ3) is 4.41. The SMILES string of the molecule is Cc1cc2c(cc1S(=O)(=O)NCC(O)c1ccccc1)Sc1ccccc1CC2. The molecule has 29 heavy (non-hydrogen) atoms. The molecule has 0 radical (unpaired) electrons. The van der Waals surface area contributed by atoms with Gasteiger partial charge in [-0.15, -0.1) is 0 Å². The van der Waals surface area contributed by atoms with E-state index in [0.717, 1.165) is 23.3 Å². The molecule has 4 nitrogen and oxygen atoms in total. The molecule has 0 fully saturated rings. The van der Waals surface area contributed by atoms with E-state index < -0.39 is 16.1 Å². The summed E-state index contributed by atoms with van der Waals surface area (Å²) in [5, 5.41) is 10.3. The second-order valence-electron chi connectivity index (χ2n) is 7.21. The molecule has 0 saturated carbocycles. The molecule has 4 rings (SSSR count). The molecule has 1 aliphatic heterocycles. The fraction of sp³-hybridized carbons (Fsp3) is 0.217. The lowest BCUT2D eigenvalue weighted by atomic mass is 10.0. The van der Waals surface area contributed by atoms with Gasteiger partial charge in [0, 0.05) is 16.3 Å². The molecule has 6 heteroatoms. The van der Waals surface area contributed by atoms with Crippen LogP contribution in [-0.4, -0.2) is 20.1 Å². The van der Waals surface area contributed by atoms with Crippen LogP contribution in [0.4, 0.5) is 0 Å². The Bertz CT molecular complexity index is 1130. The second kappa shape index (κ2) is 8.32. The van der Waals surface area contributed by atoms with Crippen molar-refractivity contribution in [3.05, 3.63) is 89.0 Å². The highest BCUT2D eigenvalue weighted by Gasteiger charge is 2.23. The first kappa shape index (κ1) is 20.2. The second-order valence-corrected chi connectivity index (χ2v) is 10.0. The molecule has 3 aromatic carbocycles. The zero-order chi connectivity index (χ0) is 20.4. The van der Waals surface area contributed by atoms with E-state index in [4.69, 9.17) is 0 Å². The standard InChI is InChI=1S/C23H23NO3S2/c1-16-13-19-12-11-18-9-5-6-10-21(18)28-22(19)14-23(16)29(26,27)24-15-20(25)17-7-3-2-4-8-17/h2-10,13-14,20,24-25H,11-12,15H2,1H3. The van der Waals surface area contributed by atoms with Gasteiger partial charge in [-0.2, -0.15) is 0 Å². The van der Waals surface area contributed by atoms with Gasteiger partial charge >= 0.3 is 0 Å². The van der Waals surface area contributed by atoms with Gasteiger partial charge in [0.15, 0.2) is 0 Å². The third-order valence-electron chi connectivity index (χ3n) is 5.15. The van der Waals surface area contributed by atoms with Crippen LogP contribution in [0.3, 0.4) is 0 Å². The maximum atomic E-state index is 13.0. The topological polar surface area (TPSA) is 66.4 Å². The fourth-order valence-corrected chi connectivity index (χ4v) is 6.08. The van der Waals surface area contributed by atoms with E-state index >= 15 is 0 Å². The van der Waals surface area contributed by atoms with E-state index in [1.54, 1.807) is 30.0 Å². The highest BCUT2D eigenvalue weighted by molar-refractivity contribution is 7.99. The molecule has 0 aliphatic carbocycles. The van der Waals surface area contributed by atoms with Gasteiger partial charge in [0.25, 0.3) is 0 Å². The van der Waals surface area contributed by atoms with E-state index in [0.29, 0.717) is 5.56 Å². The number of nitrogens with one attached hydrogen (secondary N) is 1. The molecular formula is C23H23NO3S2. The van der Waals surface area contributed by atoms with Gasteiger partial charge in [-0.25, -0.2) is 13.1 Å². The predicted molar refractivity (Wildman–Crippen MR) is 116 cm³/mol. The molecule has 0 aromatic heterocycles. The van der Waals surface area contributed by atoms with Crippen molar-refractivity contribution >= 4 is 21.8 Å². The van der Waals surface area contributed by atoms with Gasteiger partial charge in [-0.3, -0.25) is 0 Å². The van der Waals surface area contributed by atoms with Crippen LogP contribution in [0.25, 0.3) is 0 Å². The fourth-order valence-electron chi connectivity index (χ4n) is 3.57. The van der Waals surface area contributed by atoms with Gasteiger partial charge < -0.3 is 5.11 Å². The quantitative estimate of drug-likeness (QED) is 0.641. The summed E-state index contributed by atoms with van der Waals surface area (Å²) in [7, 11) is -3.74. The summed E-state index contributed by atoms with van der Waals surface area (Å²) in [5.74, 6) is 0. The van der Waals surface area contributed by atoms with Gasteiger partial charge in [-0.05, 0) is 54.2 Å². The number of rotatable bonds is 5. The first-order valence-electron chi connectivity index (χ1n) is 9.56. The first-order chi connectivity index (χ1) is 13.9. The van der Waals surface area contributed by atoms with Crippen LogP contribution in [0, 0.1) is 6.92 Å². The zero-order valence-corrected chi connectivity index (χ0v) is 17.8. The molecule has 1 aliphatic rings. The summed E-state index contributed by atoms with van der Waals surface area (Å²) in [4.78, 5) is 2.42.